The molecule has 30 heavy (non-hydrogen) atoms. The van der Waals surface area contributed by atoms with Crippen molar-refractivity contribution in [1.82, 2.24) is 0 Å². The van der Waals surface area contributed by atoms with Gasteiger partial charge in [0.2, 0.25) is 0 Å². The molecule has 0 aliphatic rings. The van der Waals surface area contributed by atoms with Crippen LogP contribution in [0.1, 0.15) is 33.4 Å². The molecule has 0 fully saturated rings. The lowest BCUT2D eigenvalue weighted by Gasteiger charge is -2.06. The van der Waals surface area contributed by atoms with Crippen LogP contribution in [0.5, 0.6) is 0 Å². The van der Waals surface area contributed by atoms with E-state index in [-0.39, 0.29) is 0 Å². The maximum absolute atomic E-state index is 2.34. The first-order chi connectivity index (χ1) is 14.5. The lowest BCUT2D eigenvalue weighted by atomic mass is 10.0. The van der Waals surface area contributed by atoms with E-state index < -0.39 is 0 Å². The van der Waals surface area contributed by atoms with Gasteiger partial charge >= 0.3 is 0 Å². The number of pyridine rings is 3. The number of aryl methyl sites for hydroxylation is 3. The van der Waals surface area contributed by atoms with Crippen LogP contribution in [0.4, 0.5) is 0 Å². The maximum atomic E-state index is 2.34. The lowest BCUT2D eigenvalue weighted by molar-refractivity contribution is -0.690. The molecule has 4 aromatic rings. The van der Waals surface area contributed by atoms with E-state index in [1.807, 2.05) is 0 Å². The lowest BCUT2D eigenvalue weighted by Crippen LogP contribution is -2.36. The predicted molar refractivity (Wildman–Crippen MR) is 118 cm³/mol. The molecule has 0 radical (unpaired) electrons. The first-order valence-electron chi connectivity index (χ1n) is 10.5. The summed E-state index contributed by atoms with van der Waals surface area (Å²) in [5.74, 6) is 0. The Morgan fingerprint density at radius 3 is 0.900 bits per heavy atom. The summed E-state index contributed by atoms with van der Waals surface area (Å²) in [6.07, 6.45) is 12.9. The molecular formula is C27H30N3+3. The third-order valence-corrected chi connectivity index (χ3v) is 5.38. The van der Waals surface area contributed by atoms with Gasteiger partial charge in [-0.25, -0.2) is 13.7 Å². The number of rotatable bonds is 6. The molecule has 3 heteroatoms. The summed E-state index contributed by atoms with van der Waals surface area (Å²) >= 11 is 0. The Balaban J connectivity index is 1.64. The molecular weight excluding hydrogens is 366 g/mol. The number of aromatic nitrogens is 3. The predicted octanol–water partition coefficient (Wildman–Crippen LogP) is 3.62. The molecule has 0 spiro atoms. The Morgan fingerprint density at radius 1 is 0.433 bits per heavy atom. The summed E-state index contributed by atoms with van der Waals surface area (Å²) in [6.45, 7) is 9.00. The van der Waals surface area contributed by atoms with Crippen LogP contribution in [0.3, 0.4) is 0 Å². The monoisotopic (exact) mass is 396 g/mol. The molecule has 3 heterocycles. The normalized spacial score (nSPS) is 10.9. The molecule has 0 amide bonds. The SMILES string of the molecule is Cc1cc[n+](Cc2cc(C[n+]3ccc(C)cc3)cc(C[n+]3ccc(C)cc3)c2)cc1. The van der Waals surface area contributed by atoms with Gasteiger partial charge < -0.3 is 0 Å². The van der Waals surface area contributed by atoms with E-state index in [2.05, 4.69) is 126 Å². The molecule has 150 valence electrons. The smallest absolute Gasteiger partial charge is 0.173 e. The van der Waals surface area contributed by atoms with Crippen molar-refractivity contribution in [2.24, 2.45) is 0 Å². The highest BCUT2D eigenvalue weighted by Crippen LogP contribution is 2.11. The third-order valence-electron chi connectivity index (χ3n) is 5.38. The van der Waals surface area contributed by atoms with E-state index in [9.17, 15) is 0 Å². The van der Waals surface area contributed by atoms with Crippen LogP contribution >= 0.6 is 0 Å². The molecule has 0 saturated carbocycles. The van der Waals surface area contributed by atoms with Crippen molar-refractivity contribution in [2.45, 2.75) is 40.4 Å². The van der Waals surface area contributed by atoms with Crippen LogP contribution in [-0.4, -0.2) is 0 Å². The fourth-order valence-corrected chi connectivity index (χ4v) is 3.66. The van der Waals surface area contributed by atoms with Crippen molar-refractivity contribution >= 4 is 0 Å². The second kappa shape index (κ2) is 9.00. The van der Waals surface area contributed by atoms with Crippen LogP contribution < -0.4 is 13.7 Å². The van der Waals surface area contributed by atoms with E-state index >= 15 is 0 Å². The molecule has 0 saturated heterocycles. The minimum atomic E-state index is 0.873. The Kier molecular flexibility index (Phi) is 5.99. The van der Waals surface area contributed by atoms with Crippen molar-refractivity contribution in [3.63, 3.8) is 0 Å². The van der Waals surface area contributed by atoms with Crippen molar-refractivity contribution in [3.8, 4) is 0 Å². The fraction of sp³-hybridized carbons (Fsp3) is 0.222. The van der Waals surface area contributed by atoms with Crippen molar-refractivity contribution < 1.29 is 13.7 Å². The second-order valence-electron chi connectivity index (χ2n) is 8.30. The largest absolute Gasteiger partial charge is 0.201 e. The Labute approximate surface area is 179 Å². The zero-order valence-electron chi connectivity index (χ0n) is 18.1. The standard InChI is InChI=1S/C27H30N3/c1-22-4-10-28(11-5-22)19-25-16-26(20-29-12-6-23(2)7-13-29)18-27(17-25)21-30-14-8-24(3)9-15-30/h4-18H,19-21H2,1-3H3/q+3. The van der Waals surface area contributed by atoms with Gasteiger partial charge in [0.25, 0.3) is 0 Å². The topological polar surface area (TPSA) is 11.6 Å². The molecule has 0 aliphatic heterocycles. The van der Waals surface area contributed by atoms with Crippen LogP contribution in [0.25, 0.3) is 0 Å². The van der Waals surface area contributed by atoms with Gasteiger partial charge in [-0.3, -0.25) is 0 Å². The summed E-state index contributed by atoms with van der Waals surface area (Å²) in [4.78, 5) is 0. The van der Waals surface area contributed by atoms with Crippen molar-refractivity contribution in [2.75, 3.05) is 0 Å². The van der Waals surface area contributed by atoms with Crippen LogP contribution in [0, 0.1) is 20.8 Å². The van der Waals surface area contributed by atoms with Gasteiger partial charge in [-0.15, -0.1) is 0 Å². The Hall–Kier alpha value is -3.33. The van der Waals surface area contributed by atoms with E-state index in [1.54, 1.807) is 0 Å². The first-order valence-corrected chi connectivity index (χ1v) is 10.5. The first kappa shape index (κ1) is 20.0. The van der Waals surface area contributed by atoms with E-state index in [1.165, 1.54) is 33.4 Å². The average molecular weight is 397 g/mol. The zero-order chi connectivity index (χ0) is 20.9. The summed E-state index contributed by atoms with van der Waals surface area (Å²) in [5, 5.41) is 0. The van der Waals surface area contributed by atoms with Crippen LogP contribution in [-0.2, 0) is 19.6 Å². The highest BCUT2D eigenvalue weighted by atomic mass is 14.9. The molecule has 3 nitrogen and oxygen atoms in total. The molecule has 3 aromatic heterocycles. The average Bonchev–Trinajstić information content (AvgIpc) is 2.73. The maximum Gasteiger partial charge on any atom is 0.173 e. The van der Waals surface area contributed by atoms with Crippen molar-refractivity contribution in [3.05, 3.63) is 125 Å². The quantitative estimate of drug-likeness (QED) is 0.441. The highest BCUT2D eigenvalue weighted by Gasteiger charge is 2.12. The highest BCUT2D eigenvalue weighted by molar-refractivity contribution is 5.29. The van der Waals surface area contributed by atoms with E-state index in [4.69, 9.17) is 0 Å². The van der Waals surface area contributed by atoms with Crippen molar-refractivity contribution in [1.29, 1.82) is 0 Å². The number of hydrogen-bond donors (Lipinski definition) is 0. The van der Waals surface area contributed by atoms with Crippen LogP contribution in [0.2, 0.25) is 0 Å². The van der Waals surface area contributed by atoms with E-state index in [0.29, 0.717) is 0 Å². The summed E-state index contributed by atoms with van der Waals surface area (Å²) < 4.78 is 6.73. The van der Waals surface area contributed by atoms with Gasteiger partial charge in [0.15, 0.2) is 56.8 Å². The van der Waals surface area contributed by atoms with Gasteiger partial charge in [0.05, 0.1) is 0 Å². The summed E-state index contributed by atoms with van der Waals surface area (Å²) in [7, 11) is 0. The molecule has 0 unspecified atom stereocenters. The van der Waals surface area contributed by atoms with E-state index in [0.717, 1.165) is 19.6 Å². The third kappa shape index (κ3) is 5.38. The Morgan fingerprint density at radius 2 is 0.667 bits per heavy atom. The second-order valence-corrected chi connectivity index (χ2v) is 8.30. The number of benzene rings is 1. The molecule has 0 N–H and O–H groups in total. The molecule has 0 atom stereocenters. The van der Waals surface area contributed by atoms with Gasteiger partial charge in [0, 0.05) is 53.1 Å². The molecule has 1 aromatic carbocycles. The number of nitrogens with zero attached hydrogens (tertiary/aromatic N) is 3. The van der Waals surface area contributed by atoms with Crippen LogP contribution in [0.15, 0.2) is 91.8 Å². The van der Waals surface area contributed by atoms with Gasteiger partial charge in [-0.05, 0) is 55.7 Å². The van der Waals surface area contributed by atoms with Gasteiger partial charge in [-0.1, -0.05) is 0 Å². The van der Waals surface area contributed by atoms with Gasteiger partial charge in [0.1, 0.15) is 0 Å². The molecule has 4 rings (SSSR count). The zero-order valence-corrected chi connectivity index (χ0v) is 18.1. The molecule has 0 aliphatic carbocycles. The minimum absolute atomic E-state index is 0.873. The van der Waals surface area contributed by atoms with Gasteiger partial charge in [-0.2, -0.15) is 0 Å². The minimum Gasteiger partial charge on any atom is -0.201 e. The fourth-order valence-electron chi connectivity index (χ4n) is 3.66. The summed E-state index contributed by atoms with van der Waals surface area (Å²) in [5.41, 5.74) is 7.84. The summed E-state index contributed by atoms with van der Waals surface area (Å²) in [6, 6.07) is 20.0. The number of hydrogen-bond acceptors (Lipinski definition) is 0. The Bertz CT molecular complexity index is 954. The molecule has 0 bridgehead atoms.